The molecule has 0 atom stereocenters. The maximum absolute atomic E-state index is 13.9. The Morgan fingerprint density at radius 2 is 2.11 bits per heavy atom. The van der Waals surface area contributed by atoms with Crippen LogP contribution in [0.15, 0.2) is 34.3 Å². The maximum atomic E-state index is 13.9. The van der Waals surface area contributed by atoms with Crippen LogP contribution in [0.3, 0.4) is 0 Å². The van der Waals surface area contributed by atoms with Crippen LogP contribution in [0.1, 0.15) is 12.5 Å². The number of aliphatic hydroxyl groups is 1. The number of aliphatic hydroxyl groups excluding tert-OH is 1. The number of aromatic amines is 1. The molecule has 142 valence electrons. The Bertz CT molecular complexity index is 1010. The first-order valence-electron chi connectivity index (χ1n) is 8.22. The summed E-state index contributed by atoms with van der Waals surface area (Å²) in [5, 5.41) is 9.56. The summed E-state index contributed by atoms with van der Waals surface area (Å²) in [6.07, 6.45) is 1.14. The zero-order chi connectivity index (χ0) is 19.4. The first-order valence-corrected chi connectivity index (χ1v) is 9.20. The number of hydrogen-bond donors (Lipinski definition) is 2. The van der Waals surface area contributed by atoms with E-state index < -0.39 is 17.2 Å². The van der Waals surface area contributed by atoms with Gasteiger partial charge < -0.3 is 15.0 Å². The molecule has 0 radical (unpaired) electrons. The quantitative estimate of drug-likeness (QED) is 0.469. The lowest BCUT2D eigenvalue weighted by Gasteiger charge is -2.21. The van der Waals surface area contributed by atoms with Crippen molar-refractivity contribution in [1.29, 1.82) is 0 Å². The van der Waals surface area contributed by atoms with Crippen molar-refractivity contribution in [2.45, 2.75) is 17.8 Å². The molecule has 2 heterocycles. The molecule has 1 aromatic carbocycles. The molecule has 0 amide bonds. The second-order valence-electron chi connectivity index (χ2n) is 5.58. The van der Waals surface area contributed by atoms with Gasteiger partial charge in [0.15, 0.2) is 28.3 Å². The lowest BCUT2D eigenvalue weighted by atomic mass is 10.2. The van der Waals surface area contributed by atoms with Crippen molar-refractivity contribution in [2.75, 3.05) is 24.6 Å². The molecule has 27 heavy (non-hydrogen) atoms. The van der Waals surface area contributed by atoms with Crippen LogP contribution in [0.2, 0.25) is 0 Å². The smallest absolute Gasteiger partial charge is 0.268 e. The monoisotopic (exact) mass is 393 g/mol. The average Bonchev–Trinajstić information content (AvgIpc) is 2.66. The van der Waals surface area contributed by atoms with Gasteiger partial charge in [0.05, 0.1) is 12.8 Å². The third-order valence-corrected chi connectivity index (χ3v) is 4.73. The number of likely N-dealkylation sites (N-methyl/N-ethyl adjacent to an activating group) is 1. The van der Waals surface area contributed by atoms with Crippen LogP contribution < -0.4 is 10.5 Å². The number of hydrogen-bond acceptors (Lipinski definition) is 7. The first kappa shape index (κ1) is 19.2. The predicted molar refractivity (Wildman–Crippen MR) is 98.8 cm³/mol. The average molecular weight is 393 g/mol. The van der Waals surface area contributed by atoms with Crippen molar-refractivity contribution in [3.8, 4) is 0 Å². The van der Waals surface area contributed by atoms with E-state index in [0.717, 1.165) is 24.0 Å². The Labute approximate surface area is 157 Å². The lowest BCUT2D eigenvalue weighted by Crippen LogP contribution is -2.28. The van der Waals surface area contributed by atoms with E-state index in [0.29, 0.717) is 24.4 Å². The number of benzene rings is 1. The molecule has 0 spiro atoms. The van der Waals surface area contributed by atoms with Crippen molar-refractivity contribution in [3.05, 3.63) is 51.9 Å². The Balaban J connectivity index is 1.99. The van der Waals surface area contributed by atoms with Gasteiger partial charge >= 0.3 is 0 Å². The van der Waals surface area contributed by atoms with E-state index in [-0.39, 0.29) is 28.7 Å². The second-order valence-corrected chi connectivity index (χ2v) is 6.52. The Morgan fingerprint density at radius 1 is 1.30 bits per heavy atom. The minimum atomic E-state index is -0.915. The van der Waals surface area contributed by atoms with E-state index in [4.69, 9.17) is 0 Å². The predicted octanol–water partition coefficient (Wildman–Crippen LogP) is 2.10. The largest absolute Gasteiger partial charge is 0.395 e. The fraction of sp³-hybridized carbons (Fsp3) is 0.294. The van der Waals surface area contributed by atoms with Crippen LogP contribution in [-0.2, 0) is 5.75 Å². The zero-order valence-electron chi connectivity index (χ0n) is 14.4. The van der Waals surface area contributed by atoms with Crippen LogP contribution in [0.4, 0.5) is 14.6 Å². The molecule has 0 bridgehead atoms. The van der Waals surface area contributed by atoms with Crippen molar-refractivity contribution >= 4 is 28.7 Å². The molecular weight excluding hydrogens is 376 g/mol. The molecule has 0 aliphatic carbocycles. The summed E-state index contributed by atoms with van der Waals surface area (Å²) in [4.78, 5) is 28.8. The fourth-order valence-electron chi connectivity index (χ4n) is 2.52. The fourth-order valence-corrected chi connectivity index (χ4v) is 3.34. The lowest BCUT2D eigenvalue weighted by molar-refractivity contribution is 0.302. The van der Waals surface area contributed by atoms with Gasteiger partial charge in [0.2, 0.25) is 0 Å². The molecule has 3 aromatic rings. The number of anilines is 1. The zero-order valence-corrected chi connectivity index (χ0v) is 15.3. The van der Waals surface area contributed by atoms with E-state index >= 15 is 0 Å². The number of H-pyrrole nitrogens is 1. The number of thioether (sulfide) groups is 1. The molecule has 2 N–H and O–H groups in total. The molecule has 2 aromatic heterocycles. The summed E-state index contributed by atoms with van der Waals surface area (Å²) in [7, 11) is 0. The molecule has 0 saturated carbocycles. The van der Waals surface area contributed by atoms with Gasteiger partial charge in [-0.25, -0.2) is 23.7 Å². The van der Waals surface area contributed by atoms with Crippen molar-refractivity contribution in [2.24, 2.45) is 0 Å². The number of halogens is 2. The van der Waals surface area contributed by atoms with Crippen LogP contribution in [0.5, 0.6) is 0 Å². The van der Waals surface area contributed by atoms with Gasteiger partial charge in [-0.3, -0.25) is 4.79 Å². The minimum Gasteiger partial charge on any atom is -0.395 e. The topological polar surface area (TPSA) is 95.0 Å². The van der Waals surface area contributed by atoms with E-state index in [1.54, 1.807) is 4.90 Å². The van der Waals surface area contributed by atoms with Crippen LogP contribution in [0.25, 0.3) is 11.2 Å². The minimum absolute atomic E-state index is 0.0837. The Hall–Kier alpha value is -2.59. The van der Waals surface area contributed by atoms with Crippen LogP contribution in [-0.4, -0.2) is 44.7 Å². The SMILES string of the molecule is CCN(CCO)c1nc(SCc2cccc(F)c2F)nc2[nH]c(=O)cnc12. The maximum Gasteiger partial charge on any atom is 0.268 e. The van der Waals surface area contributed by atoms with Crippen molar-refractivity contribution in [1.82, 2.24) is 19.9 Å². The summed E-state index contributed by atoms with van der Waals surface area (Å²) >= 11 is 1.11. The molecule has 10 heteroatoms. The van der Waals surface area contributed by atoms with Crippen molar-refractivity contribution < 1.29 is 13.9 Å². The third kappa shape index (κ3) is 4.22. The number of nitrogens with one attached hydrogen (secondary N) is 1. The molecule has 0 saturated heterocycles. The number of nitrogens with zero attached hydrogens (tertiary/aromatic N) is 4. The van der Waals surface area contributed by atoms with E-state index in [1.807, 2.05) is 6.92 Å². The highest BCUT2D eigenvalue weighted by molar-refractivity contribution is 7.98. The normalized spacial score (nSPS) is 11.1. The molecule has 0 fully saturated rings. The van der Waals surface area contributed by atoms with Gasteiger partial charge in [-0.05, 0) is 13.0 Å². The molecule has 0 aliphatic heterocycles. The Morgan fingerprint density at radius 3 is 2.85 bits per heavy atom. The van der Waals surface area contributed by atoms with Crippen LogP contribution in [0, 0.1) is 11.6 Å². The van der Waals surface area contributed by atoms with E-state index in [9.17, 15) is 18.7 Å². The van der Waals surface area contributed by atoms with Gasteiger partial charge in [0.1, 0.15) is 5.52 Å². The highest BCUT2D eigenvalue weighted by Crippen LogP contribution is 2.27. The molecular formula is C17H17F2N5O2S. The summed E-state index contributed by atoms with van der Waals surface area (Å²) in [6.45, 7) is 2.69. The van der Waals surface area contributed by atoms with E-state index in [1.165, 1.54) is 12.1 Å². The van der Waals surface area contributed by atoms with E-state index in [2.05, 4.69) is 19.9 Å². The number of fused-ring (bicyclic) bond motifs is 1. The molecule has 7 nitrogen and oxygen atoms in total. The standard InChI is InChI=1S/C17H17F2N5O2S/c1-2-24(6-7-25)16-14-15(21-12(26)8-20-14)22-17(23-16)27-9-10-4-3-5-11(18)13(10)19/h3-5,8,25H,2,6-7,9H2,1H3,(H,21,22,23,26). The van der Waals surface area contributed by atoms with Gasteiger partial charge in [-0.15, -0.1) is 0 Å². The van der Waals surface area contributed by atoms with Gasteiger partial charge in [0, 0.05) is 24.4 Å². The van der Waals surface area contributed by atoms with Crippen molar-refractivity contribution in [3.63, 3.8) is 0 Å². The summed E-state index contributed by atoms with van der Waals surface area (Å²) in [5.41, 5.74) is 0.411. The molecule has 0 unspecified atom stereocenters. The van der Waals surface area contributed by atoms with Gasteiger partial charge in [-0.2, -0.15) is 0 Å². The number of aromatic nitrogens is 4. The molecule has 3 rings (SSSR count). The molecule has 0 aliphatic rings. The highest BCUT2D eigenvalue weighted by atomic mass is 32.2. The van der Waals surface area contributed by atoms with Gasteiger partial charge in [-0.1, -0.05) is 23.9 Å². The van der Waals surface area contributed by atoms with Gasteiger partial charge in [0.25, 0.3) is 5.56 Å². The summed E-state index contributed by atoms with van der Waals surface area (Å²) in [5.74, 6) is -1.25. The third-order valence-electron chi connectivity index (χ3n) is 3.84. The second kappa shape index (κ2) is 8.40. The summed E-state index contributed by atoms with van der Waals surface area (Å²) < 4.78 is 27.2. The number of rotatable bonds is 7. The van der Waals surface area contributed by atoms with Crippen LogP contribution >= 0.6 is 11.8 Å². The highest BCUT2D eigenvalue weighted by Gasteiger charge is 2.16. The summed E-state index contributed by atoms with van der Waals surface area (Å²) in [6, 6.07) is 3.97. The first-order chi connectivity index (χ1) is 13.0. The Kier molecular flexibility index (Phi) is 5.97.